The fourth-order valence-electron chi connectivity index (χ4n) is 2.60. The average Bonchev–Trinajstić information content (AvgIpc) is 2.43. The molecule has 0 aliphatic carbocycles. The van der Waals surface area contributed by atoms with Crippen molar-refractivity contribution in [1.29, 1.82) is 0 Å². The van der Waals surface area contributed by atoms with Gasteiger partial charge in [0.15, 0.2) is 0 Å². The number of carbonyl (C=O) groups is 1. The minimum absolute atomic E-state index is 0.0207. The summed E-state index contributed by atoms with van der Waals surface area (Å²) < 4.78 is 0. The van der Waals surface area contributed by atoms with E-state index in [1.165, 1.54) is 31.4 Å². The molecule has 2 rings (SSSR count). The Bertz CT molecular complexity index is 430. The molecule has 0 aromatic heterocycles. The number of carbonyl (C=O) groups excluding carboxylic acids is 1. The van der Waals surface area contributed by atoms with Crippen LogP contribution in [0.2, 0.25) is 0 Å². The van der Waals surface area contributed by atoms with Crippen molar-refractivity contribution < 1.29 is 4.79 Å². The number of nitrogens with one attached hydrogen (secondary N) is 2. The Kier molecular flexibility index (Phi) is 5.56. The molecule has 20 heavy (non-hydrogen) atoms. The Balaban J connectivity index is 1.68. The molecule has 0 bridgehead atoms. The maximum absolute atomic E-state index is 11.8. The first kappa shape index (κ1) is 15.0. The highest BCUT2D eigenvalue weighted by molar-refractivity contribution is 5.92. The number of piperidine rings is 1. The van der Waals surface area contributed by atoms with Gasteiger partial charge in [-0.2, -0.15) is 0 Å². The molecule has 0 radical (unpaired) electrons. The molecule has 1 fully saturated rings. The van der Waals surface area contributed by atoms with Crippen LogP contribution in [0.5, 0.6) is 0 Å². The van der Waals surface area contributed by atoms with Gasteiger partial charge in [-0.3, -0.25) is 4.79 Å². The summed E-state index contributed by atoms with van der Waals surface area (Å²) in [5.74, 6) is 0.0207. The van der Waals surface area contributed by atoms with Crippen LogP contribution >= 0.6 is 0 Å². The van der Waals surface area contributed by atoms with Crippen molar-refractivity contribution in [3.8, 4) is 0 Å². The molecule has 2 N–H and O–H groups in total. The highest BCUT2D eigenvalue weighted by Gasteiger charge is 2.18. The normalized spacial score (nSPS) is 19.8. The van der Waals surface area contributed by atoms with E-state index in [1.54, 1.807) is 0 Å². The lowest BCUT2D eigenvalue weighted by molar-refractivity contribution is -0.115. The first-order valence-corrected chi connectivity index (χ1v) is 7.42. The van der Waals surface area contributed by atoms with E-state index < -0.39 is 0 Å². The summed E-state index contributed by atoms with van der Waals surface area (Å²) in [5.41, 5.74) is 2.05. The Hall–Kier alpha value is -1.39. The van der Waals surface area contributed by atoms with Crippen molar-refractivity contribution in [2.75, 3.05) is 32.0 Å². The number of likely N-dealkylation sites (tertiary alicyclic amines) is 1. The van der Waals surface area contributed by atoms with Crippen LogP contribution in [0.3, 0.4) is 0 Å². The van der Waals surface area contributed by atoms with Crippen LogP contribution in [0, 0.1) is 6.92 Å². The summed E-state index contributed by atoms with van der Waals surface area (Å²) in [5, 5.41) is 6.17. The van der Waals surface area contributed by atoms with E-state index in [9.17, 15) is 4.79 Å². The van der Waals surface area contributed by atoms with Gasteiger partial charge in [0.1, 0.15) is 0 Å². The number of anilines is 1. The van der Waals surface area contributed by atoms with Crippen molar-refractivity contribution in [1.82, 2.24) is 10.2 Å². The van der Waals surface area contributed by atoms with Gasteiger partial charge in [0.25, 0.3) is 0 Å². The zero-order valence-corrected chi connectivity index (χ0v) is 12.5. The SMILES string of the molecule is Cc1ccc(NC(=O)CNCC2CCCCN2C)cc1. The van der Waals surface area contributed by atoms with Gasteiger partial charge >= 0.3 is 0 Å². The molecule has 1 aromatic rings. The molecule has 1 saturated heterocycles. The highest BCUT2D eigenvalue weighted by atomic mass is 16.1. The highest BCUT2D eigenvalue weighted by Crippen LogP contribution is 2.13. The lowest BCUT2D eigenvalue weighted by atomic mass is 10.0. The predicted octanol–water partition coefficient (Wildman–Crippen LogP) is 2.01. The second kappa shape index (κ2) is 7.41. The third-order valence-corrected chi connectivity index (χ3v) is 3.92. The Labute approximate surface area is 121 Å². The molecule has 1 amide bonds. The van der Waals surface area contributed by atoms with Crippen molar-refractivity contribution in [3.63, 3.8) is 0 Å². The van der Waals surface area contributed by atoms with Gasteiger partial charge in [-0.25, -0.2) is 0 Å². The third kappa shape index (κ3) is 4.62. The average molecular weight is 275 g/mol. The summed E-state index contributed by atoms with van der Waals surface area (Å²) in [7, 11) is 2.16. The number of aryl methyl sites for hydroxylation is 1. The van der Waals surface area contributed by atoms with Gasteiger partial charge in [-0.1, -0.05) is 24.1 Å². The van der Waals surface area contributed by atoms with Crippen LogP contribution in [0.25, 0.3) is 0 Å². The largest absolute Gasteiger partial charge is 0.325 e. The number of hydrogen-bond acceptors (Lipinski definition) is 3. The van der Waals surface area contributed by atoms with E-state index in [1.807, 2.05) is 31.2 Å². The number of rotatable bonds is 5. The van der Waals surface area contributed by atoms with Crippen LogP contribution in [0.4, 0.5) is 5.69 Å². The van der Waals surface area contributed by atoms with E-state index >= 15 is 0 Å². The third-order valence-electron chi connectivity index (χ3n) is 3.92. The van der Waals surface area contributed by atoms with E-state index in [0.29, 0.717) is 12.6 Å². The quantitative estimate of drug-likeness (QED) is 0.864. The maximum atomic E-state index is 11.8. The van der Waals surface area contributed by atoms with E-state index in [0.717, 1.165) is 12.2 Å². The van der Waals surface area contributed by atoms with Gasteiger partial charge < -0.3 is 15.5 Å². The van der Waals surface area contributed by atoms with Gasteiger partial charge in [-0.15, -0.1) is 0 Å². The van der Waals surface area contributed by atoms with E-state index in [-0.39, 0.29) is 5.91 Å². The van der Waals surface area contributed by atoms with Gasteiger partial charge in [0, 0.05) is 18.3 Å². The predicted molar refractivity (Wildman–Crippen MR) is 82.9 cm³/mol. The molecule has 0 spiro atoms. The Morgan fingerprint density at radius 2 is 2.05 bits per heavy atom. The lowest BCUT2D eigenvalue weighted by Crippen LogP contribution is -2.44. The molecule has 1 aliphatic heterocycles. The van der Waals surface area contributed by atoms with Gasteiger partial charge in [-0.05, 0) is 45.5 Å². The van der Waals surface area contributed by atoms with E-state index in [2.05, 4.69) is 22.6 Å². The second-order valence-corrected chi connectivity index (χ2v) is 5.68. The summed E-state index contributed by atoms with van der Waals surface area (Å²) in [6.45, 7) is 4.46. The number of likely N-dealkylation sites (N-methyl/N-ethyl adjacent to an activating group) is 1. The van der Waals surface area contributed by atoms with Crippen LogP contribution in [0.1, 0.15) is 24.8 Å². The zero-order chi connectivity index (χ0) is 14.4. The standard InChI is InChI=1S/C16H25N3O/c1-13-6-8-14(9-7-13)18-16(20)12-17-11-15-5-3-4-10-19(15)2/h6-9,15,17H,3-5,10-12H2,1-2H3,(H,18,20). The molecule has 110 valence electrons. The first-order chi connectivity index (χ1) is 9.65. The maximum Gasteiger partial charge on any atom is 0.238 e. The number of hydrogen-bond donors (Lipinski definition) is 2. The van der Waals surface area contributed by atoms with Crippen LogP contribution in [0.15, 0.2) is 24.3 Å². The minimum Gasteiger partial charge on any atom is -0.325 e. The summed E-state index contributed by atoms with van der Waals surface area (Å²) in [4.78, 5) is 14.2. The monoisotopic (exact) mass is 275 g/mol. The molecule has 1 atom stereocenters. The number of amides is 1. The summed E-state index contributed by atoms with van der Waals surface area (Å²) in [6.07, 6.45) is 3.82. The molecule has 0 saturated carbocycles. The van der Waals surface area contributed by atoms with E-state index in [4.69, 9.17) is 0 Å². The molecule has 1 heterocycles. The second-order valence-electron chi connectivity index (χ2n) is 5.68. The van der Waals surface area contributed by atoms with Gasteiger partial charge in [0.05, 0.1) is 6.54 Å². The van der Waals surface area contributed by atoms with Crippen molar-refractivity contribution in [2.45, 2.75) is 32.2 Å². The Morgan fingerprint density at radius 3 is 2.75 bits per heavy atom. The molecular weight excluding hydrogens is 250 g/mol. The molecule has 1 unspecified atom stereocenters. The molecule has 4 heteroatoms. The molecule has 1 aliphatic rings. The fourth-order valence-corrected chi connectivity index (χ4v) is 2.60. The smallest absolute Gasteiger partial charge is 0.238 e. The number of benzene rings is 1. The minimum atomic E-state index is 0.0207. The van der Waals surface area contributed by atoms with Crippen molar-refractivity contribution in [2.24, 2.45) is 0 Å². The zero-order valence-electron chi connectivity index (χ0n) is 12.5. The summed E-state index contributed by atoms with van der Waals surface area (Å²) >= 11 is 0. The molecule has 1 aromatic carbocycles. The molecular formula is C16H25N3O. The van der Waals surface area contributed by atoms with Crippen molar-refractivity contribution >= 4 is 11.6 Å². The topological polar surface area (TPSA) is 44.4 Å². The lowest BCUT2D eigenvalue weighted by Gasteiger charge is -2.32. The summed E-state index contributed by atoms with van der Waals surface area (Å²) in [6, 6.07) is 8.43. The van der Waals surface area contributed by atoms with Gasteiger partial charge in [0.2, 0.25) is 5.91 Å². The number of nitrogens with zero attached hydrogens (tertiary/aromatic N) is 1. The van der Waals surface area contributed by atoms with Crippen LogP contribution in [-0.2, 0) is 4.79 Å². The molecule has 4 nitrogen and oxygen atoms in total. The fraction of sp³-hybridized carbons (Fsp3) is 0.562. The van der Waals surface area contributed by atoms with Crippen LogP contribution < -0.4 is 10.6 Å². The van der Waals surface area contributed by atoms with Crippen LogP contribution in [-0.4, -0.2) is 43.5 Å². The van der Waals surface area contributed by atoms with Crippen molar-refractivity contribution in [3.05, 3.63) is 29.8 Å². The Morgan fingerprint density at radius 1 is 1.30 bits per heavy atom. The first-order valence-electron chi connectivity index (χ1n) is 7.42.